The highest BCUT2D eigenvalue weighted by molar-refractivity contribution is 9.10. The van der Waals surface area contributed by atoms with Gasteiger partial charge in [0.15, 0.2) is 0 Å². The van der Waals surface area contributed by atoms with E-state index < -0.39 is 28.5 Å². The molecule has 2 amide bonds. The minimum Gasteiger partial charge on any atom is -0.354 e. The van der Waals surface area contributed by atoms with Crippen LogP contribution in [0.25, 0.3) is 0 Å². The maximum absolute atomic E-state index is 13.4. The molecule has 2 rings (SSSR count). The molecule has 0 aromatic heterocycles. The molecule has 0 saturated carbocycles. The molecule has 9 heteroatoms. The number of sulfonamides is 1. The predicted molar refractivity (Wildman–Crippen MR) is 135 cm³/mol. The first-order chi connectivity index (χ1) is 15.5. The van der Waals surface area contributed by atoms with Crippen LogP contribution in [0.1, 0.15) is 37.8 Å². The number of hydrogen-bond acceptors (Lipinski definition) is 4. The summed E-state index contributed by atoms with van der Waals surface area (Å²) in [4.78, 5) is 27.6. The first-order valence-electron chi connectivity index (χ1n) is 10.9. The van der Waals surface area contributed by atoms with Gasteiger partial charge >= 0.3 is 0 Å². The fourth-order valence-corrected chi connectivity index (χ4v) is 4.48. The normalized spacial score (nSPS) is 12.2. The van der Waals surface area contributed by atoms with E-state index in [1.54, 1.807) is 31.2 Å². The zero-order valence-corrected chi connectivity index (χ0v) is 21.9. The Morgan fingerprint density at radius 1 is 1.12 bits per heavy atom. The van der Waals surface area contributed by atoms with Crippen molar-refractivity contribution in [2.75, 3.05) is 23.7 Å². The minimum atomic E-state index is -3.74. The summed E-state index contributed by atoms with van der Waals surface area (Å²) in [5.74, 6) is -0.726. The Bertz CT molecular complexity index is 1060. The van der Waals surface area contributed by atoms with Crippen LogP contribution in [0.5, 0.6) is 0 Å². The van der Waals surface area contributed by atoms with Gasteiger partial charge in [-0.05, 0) is 44.0 Å². The van der Waals surface area contributed by atoms with Gasteiger partial charge < -0.3 is 10.2 Å². The van der Waals surface area contributed by atoms with Gasteiger partial charge in [-0.1, -0.05) is 65.2 Å². The molecule has 0 heterocycles. The first-order valence-corrected chi connectivity index (χ1v) is 13.5. The summed E-state index contributed by atoms with van der Waals surface area (Å²) >= 11 is 3.34. The van der Waals surface area contributed by atoms with Crippen molar-refractivity contribution in [1.29, 1.82) is 0 Å². The van der Waals surface area contributed by atoms with E-state index in [-0.39, 0.29) is 12.5 Å². The molecule has 0 aliphatic rings. The van der Waals surface area contributed by atoms with E-state index in [4.69, 9.17) is 0 Å². The average Bonchev–Trinajstić information content (AvgIpc) is 2.75. The van der Waals surface area contributed by atoms with Crippen molar-refractivity contribution in [3.05, 3.63) is 64.1 Å². The first kappa shape index (κ1) is 26.9. The molecule has 0 bridgehead atoms. The molecule has 180 valence electrons. The number of nitrogens with zero attached hydrogens (tertiary/aromatic N) is 2. The van der Waals surface area contributed by atoms with Crippen LogP contribution >= 0.6 is 15.9 Å². The largest absolute Gasteiger partial charge is 0.354 e. The number of benzene rings is 2. The van der Waals surface area contributed by atoms with Gasteiger partial charge in [0.1, 0.15) is 12.6 Å². The maximum Gasteiger partial charge on any atom is 0.244 e. The zero-order valence-electron chi connectivity index (χ0n) is 19.5. The summed E-state index contributed by atoms with van der Waals surface area (Å²) < 4.78 is 26.8. The van der Waals surface area contributed by atoms with E-state index >= 15 is 0 Å². The SMILES string of the molecule is CCCCNC(=O)C(C)N(Cc1ccc(C)cc1)C(=O)CN(c1cccc(Br)c1)S(C)(=O)=O. The Labute approximate surface area is 205 Å². The third kappa shape index (κ3) is 8.16. The fraction of sp³-hybridized carbons (Fsp3) is 0.417. The second-order valence-corrected chi connectivity index (χ2v) is 10.9. The number of carbonyl (C=O) groups excluding carboxylic acids is 2. The van der Waals surface area contributed by atoms with E-state index in [9.17, 15) is 18.0 Å². The maximum atomic E-state index is 13.4. The summed E-state index contributed by atoms with van der Waals surface area (Å²) in [6.07, 6.45) is 2.85. The van der Waals surface area contributed by atoms with Gasteiger partial charge in [0.2, 0.25) is 21.8 Å². The lowest BCUT2D eigenvalue weighted by atomic mass is 10.1. The third-order valence-electron chi connectivity index (χ3n) is 5.25. The van der Waals surface area contributed by atoms with Gasteiger partial charge in [-0.15, -0.1) is 0 Å². The number of nitrogens with one attached hydrogen (secondary N) is 1. The topological polar surface area (TPSA) is 86.8 Å². The van der Waals surface area contributed by atoms with E-state index in [1.807, 2.05) is 38.1 Å². The summed E-state index contributed by atoms with van der Waals surface area (Å²) in [6.45, 7) is 5.98. The van der Waals surface area contributed by atoms with Crippen LogP contribution in [0, 0.1) is 6.92 Å². The molecule has 0 saturated heterocycles. The number of aryl methyl sites for hydroxylation is 1. The van der Waals surface area contributed by atoms with Gasteiger partial charge in [-0.2, -0.15) is 0 Å². The molecule has 2 aromatic carbocycles. The van der Waals surface area contributed by atoms with Gasteiger partial charge in [0.05, 0.1) is 11.9 Å². The van der Waals surface area contributed by atoms with E-state index in [1.165, 1.54) is 4.90 Å². The minimum absolute atomic E-state index is 0.192. The van der Waals surface area contributed by atoms with Crippen molar-refractivity contribution in [3.8, 4) is 0 Å². The fourth-order valence-electron chi connectivity index (χ4n) is 3.25. The Morgan fingerprint density at radius 3 is 2.36 bits per heavy atom. The van der Waals surface area contributed by atoms with E-state index in [0.29, 0.717) is 16.7 Å². The van der Waals surface area contributed by atoms with Crippen LogP contribution in [0.15, 0.2) is 53.0 Å². The van der Waals surface area contributed by atoms with Crippen LogP contribution in [-0.4, -0.2) is 50.5 Å². The van der Waals surface area contributed by atoms with Crippen LogP contribution in [0.2, 0.25) is 0 Å². The van der Waals surface area contributed by atoms with E-state index in [0.717, 1.165) is 34.5 Å². The molecule has 0 aliphatic heterocycles. The van der Waals surface area contributed by atoms with Crippen molar-refractivity contribution in [2.24, 2.45) is 0 Å². The number of unbranched alkanes of at least 4 members (excludes halogenated alkanes) is 1. The molecule has 0 fully saturated rings. The number of rotatable bonds is 11. The van der Waals surface area contributed by atoms with Crippen molar-refractivity contribution < 1.29 is 18.0 Å². The monoisotopic (exact) mass is 537 g/mol. The Morgan fingerprint density at radius 2 is 1.79 bits per heavy atom. The lowest BCUT2D eigenvalue weighted by molar-refractivity contribution is -0.139. The lowest BCUT2D eigenvalue weighted by Crippen LogP contribution is -2.51. The highest BCUT2D eigenvalue weighted by Gasteiger charge is 2.30. The molecular weight excluding hydrogens is 506 g/mol. The molecule has 1 N–H and O–H groups in total. The number of carbonyl (C=O) groups is 2. The van der Waals surface area contributed by atoms with Crippen molar-refractivity contribution in [2.45, 2.75) is 46.2 Å². The average molecular weight is 539 g/mol. The van der Waals surface area contributed by atoms with Crippen LogP contribution < -0.4 is 9.62 Å². The summed E-state index contributed by atoms with van der Waals surface area (Å²) in [5, 5.41) is 2.87. The molecule has 1 atom stereocenters. The summed E-state index contributed by atoms with van der Waals surface area (Å²) in [6, 6.07) is 13.7. The van der Waals surface area contributed by atoms with Gasteiger partial charge in [0.25, 0.3) is 0 Å². The Hall–Kier alpha value is -2.39. The second kappa shape index (κ2) is 12.2. The van der Waals surface area contributed by atoms with Crippen molar-refractivity contribution >= 4 is 43.5 Å². The quantitative estimate of drug-likeness (QED) is 0.441. The van der Waals surface area contributed by atoms with Crippen molar-refractivity contribution in [3.63, 3.8) is 0 Å². The lowest BCUT2D eigenvalue weighted by Gasteiger charge is -2.31. The summed E-state index contributed by atoms with van der Waals surface area (Å²) in [5.41, 5.74) is 2.31. The number of hydrogen-bond donors (Lipinski definition) is 1. The van der Waals surface area contributed by atoms with Crippen molar-refractivity contribution in [1.82, 2.24) is 10.2 Å². The smallest absolute Gasteiger partial charge is 0.244 e. The second-order valence-electron chi connectivity index (χ2n) is 8.08. The Kier molecular flexibility index (Phi) is 9.91. The van der Waals surface area contributed by atoms with Crippen LogP contribution in [0.3, 0.4) is 0 Å². The number of anilines is 1. The van der Waals surface area contributed by atoms with Gasteiger partial charge in [-0.25, -0.2) is 8.42 Å². The molecule has 0 aliphatic carbocycles. The van der Waals surface area contributed by atoms with Crippen LogP contribution in [-0.2, 0) is 26.2 Å². The Balaban J connectivity index is 2.33. The zero-order chi connectivity index (χ0) is 24.6. The third-order valence-corrected chi connectivity index (χ3v) is 6.88. The van der Waals surface area contributed by atoms with Gasteiger partial charge in [0, 0.05) is 17.6 Å². The van der Waals surface area contributed by atoms with Crippen LogP contribution in [0.4, 0.5) is 5.69 Å². The predicted octanol–water partition coefficient (Wildman–Crippen LogP) is 3.86. The number of halogens is 1. The van der Waals surface area contributed by atoms with E-state index in [2.05, 4.69) is 21.2 Å². The summed E-state index contributed by atoms with van der Waals surface area (Å²) in [7, 11) is -3.74. The highest BCUT2D eigenvalue weighted by atomic mass is 79.9. The molecule has 2 aromatic rings. The molecule has 1 unspecified atom stereocenters. The molecule has 0 radical (unpaired) electrons. The molecule has 33 heavy (non-hydrogen) atoms. The highest BCUT2D eigenvalue weighted by Crippen LogP contribution is 2.23. The standard InChI is InChI=1S/C24H32BrN3O4S/c1-5-6-14-26-24(30)19(3)27(16-20-12-10-18(2)11-13-20)23(29)17-28(33(4,31)32)22-9-7-8-21(25)15-22/h7-13,15,19H,5-6,14,16-17H2,1-4H3,(H,26,30). The number of amides is 2. The molecular formula is C24H32BrN3O4S. The molecule has 7 nitrogen and oxygen atoms in total. The van der Waals surface area contributed by atoms with Gasteiger partial charge in [-0.3, -0.25) is 13.9 Å². The molecule has 0 spiro atoms.